The molecule has 1 heterocycles. The van der Waals surface area contributed by atoms with Crippen molar-refractivity contribution >= 4 is 17.5 Å². The van der Waals surface area contributed by atoms with Gasteiger partial charge in [0.25, 0.3) is 0 Å². The lowest BCUT2D eigenvalue weighted by molar-refractivity contribution is 0.128. The molecule has 1 aliphatic rings. The van der Waals surface area contributed by atoms with Gasteiger partial charge >= 0.3 is 0 Å². The second-order valence-electron chi connectivity index (χ2n) is 9.53. The van der Waals surface area contributed by atoms with Gasteiger partial charge < -0.3 is 27.9 Å². The van der Waals surface area contributed by atoms with Crippen molar-refractivity contribution in [1.29, 1.82) is 5.41 Å². The van der Waals surface area contributed by atoms with Gasteiger partial charge in [0.2, 0.25) is 0 Å². The summed E-state index contributed by atoms with van der Waals surface area (Å²) in [7, 11) is 0. The summed E-state index contributed by atoms with van der Waals surface area (Å²) in [5.74, 6) is 0.552. The maximum absolute atomic E-state index is 7.44. The van der Waals surface area contributed by atoms with Crippen molar-refractivity contribution in [3.8, 4) is 0 Å². The van der Waals surface area contributed by atoms with Gasteiger partial charge in [-0.3, -0.25) is 0 Å². The molecule has 0 radical (unpaired) electrons. The Labute approximate surface area is 175 Å². The second-order valence-corrected chi connectivity index (χ2v) is 9.53. The first kappa shape index (κ1) is 22.8. The molecule has 1 aliphatic heterocycles. The summed E-state index contributed by atoms with van der Waals surface area (Å²) in [6, 6.07) is 5.89. The van der Waals surface area contributed by atoms with Crippen molar-refractivity contribution in [2.24, 2.45) is 23.1 Å². The summed E-state index contributed by atoms with van der Waals surface area (Å²) >= 11 is 0. The minimum Gasteiger partial charge on any atom is -0.404 e. The highest BCUT2D eigenvalue weighted by Gasteiger charge is 2.37. The Morgan fingerprint density at radius 1 is 1.14 bits per heavy atom. The molecule has 0 amide bonds. The van der Waals surface area contributed by atoms with Gasteiger partial charge in [-0.2, -0.15) is 0 Å². The Bertz CT molecular complexity index is 827. The summed E-state index contributed by atoms with van der Waals surface area (Å²) < 4.78 is 0. The van der Waals surface area contributed by atoms with Crippen LogP contribution in [0.1, 0.15) is 63.6 Å². The van der Waals surface area contributed by atoms with E-state index >= 15 is 0 Å². The minimum atomic E-state index is 0.119. The maximum atomic E-state index is 7.44. The molecule has 0 unspecified atom stereocenters. The van der Waals surface area contributed by atoms with E-state index < -0.39 is 0 Å². The number of allylic oxidation sites excluding steroid dienone is 4. The number of hydrogen-bond acceptors (Lipinski definition) is 5. The fourth-order valence-electron chi connectivity index (χ4n) is 4.76. The van der Waals surface area contributed by atoms with E-state index in [2.05, 4.69) is 33.0 Å². The topological polar surface area (TPSA) is 114 Å². The van der Waals surface area contributed by atoms with E-state index in [1.165, 1.54) is 12.4 Å². The van der Waals surface area contributed by atoms with Crippen LogP contribution in [0.5, 0.6) is 0 Å². The molecule has 0 bridgehead atoms. The Morgan fingerprint density at radius 2 is 1.76 bits per heavy atom. The molecular formula is C24H37N5. The summed E-state index contributed by atoms with van der Waals surface area (Å²) in [4.78, 5) is 0. The van der Waals surface area contributed by atoms with Gasteiger partial charge in [0.15, 0.2) is 0 Å². The first-order valence-electron chi connectivity index (χ1n) is 10.2. The molecular weight excluding hydrogens is 358 g/mol. The molecule has 5 heteroatoms. The zero-order valence-electron chi connectivity index (χ0n) is 18.5. The third-order valence-corrected chi connectivity index (χ3v) is 5.48. The second kappa shape index (κ2) is 8.87. The molecule has 1 aromatic rings. The molecule has 5 nitrogen and oxygen atoms in total. The summed E-state index contributed by atoms with van der Waals surface area (Å²) in [5.41, 5.74) is 23.6. The lowest BCUT2D eigenvalue weighted by atomic mass is 9.74. The van der Waals surface area contributed by atoms with Crippen LogP contribution in [0, 0.1) is 18.3 Å². The summed E-state index contributed by atoms with van der Waals surface area (Å²) in [6.45, 7) is 11.0. The van der Waals surface area contributed by atoms with Gasteiger partial charge in [-0.1, -0.05) is 18.2 Å². The van der Waals surface area contributed by atoms with Crippen LogP contribution in [0.4, 0.5) is 0 Å². The van der Waals surface area contributed by atoms with Gasteiger partial charge in [-0.25, -0.2) is 0 Å². The van der Waals surface area contributed by atoms with E-state index in [-0.39, 0.29) is 11.1 Å². The molecule has 0 saturated carbocycles. The van der Waals surface area contributed by atoms with Gasteiger partial charge in [0.05, 0.1) is 0 Å². The standard InChI is InChI=1S/C24H37N5/c1-16-10-18(19(14-25)15-26)6-8-21(16)22(28)9-7-20(27)11-17-12-23(2,3)29-24(4,5)13-17/h6-10,14-15,17,25,29H,11-13,26-28H2,1-5H3/b19-15+,20-7-,22-9-,25-14?. The zero-order chi connectivity index (χ0) is 21.8. The third-order valence-electron chi connectivity index (χ3n) is 5.48. The Morgan fingerprint density at radius 3 is 2.28 bits per heavy atom. The van der Waals surface area contributed by atoms with E-state index in [1.54, 1.807) is 0 Å². The first-order valence-corrected chi connectivity index (χ1v) is 10.2. The van der Waals surface area contributed by atoms with Crippen LogP contribution in [0.2, 0.25) is 0 Å². The van der Waals surface area contributed by atoms with Crippen molar-refractivity contribution < 1.29 is 0 Å². The van der Waals surface area contributed by atoms with Gasteiger partial charge in [-0.15, -0.1) is 0 Å². The molecule has 0 atom stereocenters. The van der Waals surface area contributed by atoms with E-state index in [1.807, 2.05) is 37.3 Å². The van der Waals surface area contributed by atoms with Crippen LogP contribution in [0.3, 0.4) is 0 Å². The number of aryl methyl sites for hydroxylation is 1. The lowest BCUT2D eigenvalue weighted by Crippen LogP contribution is -2.57. The SMILES string of the molecule is Cc1cc(/C(C=N)=C/N)ccc1/C(N)=C/C=C(\N)CC1CC(C)(C)NC(C)(C)C1. The Balaban J connectivity index is 2.13. The number of benzene rings is 1. The van der Waals surface area contributed by atoms with E-state index in [4.69, 9.17) is 22.6 Å². The van der Waals surface area contributed by atoms with Crippen LogP contribution in [-0.4, -0.2) is 17.3 Å². The van der Waals surface area contributed by atoms with E-state index in [0.29, 0.717) is 17.2 Å². The van der Waals surface area contributed by atoms with Crippen molar-refractivity contribution in [3.63, 3.8) is 0 Å². The monoisotopic (exact) mass is 395 g/mol. The van der Waals surface area contributed by atoms with E-state index in [0.717, 1.165) is 41.6 Å². The van der Waals surface area contributed by atoms with Gasteiger partial charge in [-0.05, 0) is 83.1 Å². The molecule has 2 rings (SSSR count). The number of piperidine rings is 1. The first-order chi connectivity index (χ1) is 13.5. The van der Waals surface area contributed by atoms with Crippen LogP contribution in [0.25, 0.3) is 11.3 Å². The molecule has 0 aromatic heterocycles. The molecule has 8 N–H and O–H groups in total. The predicted octanol–water partition coefficient (Wildman–Crippen LogP) is 4.03. The molecule has 0 spiro atoms. The normalized spacial score (nSPS) is 20.5. The Kier molecular flexibility index (Phi) is 6.96. The predicted molar refractivity (Wildman–Crippen MR) is 125 cm³/mol. The average Bonchev–Trinajstić information content (AvgIpc) is 2.58. The maximum Gasteiger partial charge on any atom is 0.0390 e. The highest BCUT2D eigenvalue weighted by Crippen LogP contribution is 2.35. The number of rotatable bonds is 6. The van der Waals surface area contributed by atoms with Crippen LogP contribution < -0.4 is 22.5 Å². The van der Waals surface area contributed by atoms with Crippen molar-refractivity contribution in [2.45, 2.75) is 65.0 Å². The highest BCUT2D eigenvalue weighted by atomic mass is 15.0. The van der Waals surface area contributed by atoms with Crippen molar-refractivity contribution in [2.75, 3.05) is 0 Å². The largest absolute Gasteiger partial charge is 0.404 e. The van der Waals surface area contributed by atoms with Crippen LogP contribution >= 0.6 is 0 Å². The molecule has 1 saturated heterocycles. The van der Waals surface area contributed by atoms with Crippen LogP contribution in [-0.2, 0) is 0 Å². The number of nitrogens with one attached hydrogen (secondary N) is 2. The summed E-state index contributed by atoms with van der Waals surface area (Å²) in [6.07, 6.45) is 9.61. The molecule has 1 fully saturated rings. The fourth-order valence-corrected chi connectivity index (χ4v) is 4.76. The molecule has 158 valence electrons. The van der Waals surface area contributed by atoms with Crippen molar-refractivity contribution in [3.05, 3.63) is 58.9 Å². The van der Waals surface area contributed by atoms with Gasteiger partial charge in [0, 0.05) is 46.0 Å². The van der Waals surface area contributed by atoms with Crippen molar-refractivity contribution in [1.82, 2.24) is 5.32 Å². The highest BCUT2D eigenvalue weighted by molar-refractivity contribution is 6.08. The average molecular weight is 396 g/mol. The zero-order valence-corrected chi connectivity index (χ0v) is 18.5. The minimum absolute atomic E-state index is 0.119. The third kappa shape index (κ3) is 6.23. The number of hydrogen-bond donors (Lipinski definition) is 5. The summed E-state index contributed by atoms with van der Waals surface area (Å²) in [5, 5.41) is 11.2. The van der Waals surface area contributed by atoms with Crippen LogP contribution in [0.15, 0.2) is 42.2 Å². The lowest BCUT2D eigenvalue weighted by Gasteiger charge is -2.46. The molecule has 29 heavy (non-hydrogen) atoms. The van der Waals surface area contributed by atoms with Gasteiger partial charge in [0.1, 0.15) is 0 Å². The molecule has 1 aromatic carbocycles. The quantitative estimate of drug-likeness (QED) is 0.369. The van der Waals surface area contributed by atoms with E-state index in [9.17, 15) is 0 Å². The number of nitrogens with two attached hydrogens (primary N) is 3. The fraction of sp³-hybridized carbons (Fsp3) is 0.458. The Hall–Kier alpha value is -2.53. The molecule has 0 aliphatic carbocycles. The smallest absolute Gasteiger partial charge is 0.0390 e.